The maximum absolute atomic E-state index is 11.3. The van der Waals surface area contributed by atoms with Crippen LogP contribution in [-0.4, -0.2) is 19.2 Å². The van der Waals surface area contributed by atoms with E-state index in [1.54, 1.807) is 0 Å². The van der Waals surface area contributed by atoms with Crippen LogP contribution in [0.25, 0.3) is 0 Å². The standard InChI is InChI=1S/C15H21ClO3/c1-9(2)19-15-10(3)8-13(16)11(4)12(15)6-7-14(17)18-5/h8-9H,6-7H2,1-5H3. The predicted octanol–water partition coefficient (Wildman–Crippen LogP) is 3.85. The topological polar surface area (TPSA) is 35.5 Å². The molecule has 0 heterocycles. The van der Waals surface area contributed by atoms with E-state index in [1.165, 1.54) is 7.11 Å². The van der Waals surface area contributed by atoms with Gasteiger partial charge >= 0.3 is 5.97 Å². The first-order chi connectivity index (χ1) is 8.86. The molecule has 0 atom stereocenters. The Balaban J connectivity index is 3.13. The van der Waals surface area contributed by atoms with E-state index in [2.05, 4.69) is 4.74 Å². The number of hydrogen-bond donors (Lipinski definition) is 0. The van der Waals surface area contributed by atoms with Crippen LogP contribution < -0.4 is 4.74 Å². The van der Waals surface area contributed by atoms with Crippen molar-refractivity contribution in [2.24, 2.45) is 0 Å². The molecule has 0 N–H and O–H groups in total. The molecule has 0 amide bonds. The van der Waals surface area contributed by atoms with Crippen LogP contribution in [0.2, 0.25) is 5.02 Å². The maximum Gasteiger partial charge on any atom is 0.305 e. The number of carbonyl (C=O) groups excluding carboxylic acids is 1. The number of esters is 1. The highest BCUT2D eigenvalue weighted by molar-refractivity contribution is 6.31. The van der Waals surface area contributed by atoms with Gasteiger partial charge in [0.1, 0.15) is 5.75 Å². The molecule has 1 rings (SSSR count). The maximum atomic E-state index is 11.3. The molecule has 0 radical (unpaired) electrons. The highest BCUT2D eigenvalue weighted by Crippen LogP contribution is 2.33. The van der Waals surface area contributed by atoms with Gasteiger partial charge < -0.3 is 9.47 Å². The summed E-state index contributed by atoms with van der Waals surface area (Å²) in [4.78, 5) is 11.3. The van der Waals surface area contributed by atoms with E-state index in [1.807, 2.05) is 33.8 Å². The molecular formula is C15H21ClO3. The number of benzene rings is 1. The third-order valence-electron chi connectivity index (χ3n) is 2.95. The Morgan fingerprint density at radius 1 is 1.37 bits per heavy atom. The zero-order valence-electron chi connectivity index (χ0n) is 12.2. The van der Waals surface area contributed by atoms with Crippen LogP contribution in [0.4, 0.5) is 0 Å². The van der Waals surface area contributed by atoms with Crippen LogP contribution in [0.3, 0.4) is 0 Å². The lowest BCUT2D eigenvalue weighted by molar-refractivity contribution is -0.140. The Morgan fingerprint density at radius 3 is 2.53 bits per heavy atom. The number of ether oxygens (including phenoxy) is 2. The number of hydrogen-bond acceptors (Lipinski definition) is 3. The summed E-state index contributed by atoms with van der Waals surface area (Å²) >= 11 is 6.21. The van der Waals surface area contributed by atoms with E-state index in [0.29, 0.717) is 17.9 Å². The first kappa shape index (κ1) is 15.8. The minimum absolute atomic E-state index is 0.0798. The molecule has 1 aromatic carbocycles. The molecule has 0 bridgehead atoms. The quantitative estimate of drug-likeness (QED) is 0.771. The summed E-state index contributed by atoms with van der Waals surface area (Å²) in [5.41, 5.74) is 2.94. The lowest BCUT2D eigenvalue weighted by Crippen LogP contribution is -2.11. The second-order valence-corrected chi connectivity index (χ2v) is 5.26. The summed E-state index contributed by atoms with van der Waals surface area (Å²) in [5.74, 6) is 0.605. The fourth-order valence-corrected chi connectivity index (χ4v) is 2.22. The van der Waals surface area contributed by atoms with E-state index >= 15 is 0 Å². The zero-order chi connectivity index (χ0) is 14.6. The molecule has 0 spiro atoms. The fraction of sp³-hybridized carbons (Fsp3) is 0.533. The Kier molecular flexibility index (Phi) is 5.67. The van der Waals surface area contributed by atoms with E-state index < -0.39 is 0 Å². The van der Waals surface area contributed by atoms with E-state index in [9.17, 15) is 4.79 Å². The second-order valence-electron chi connectivity index (χ2n) is 4.85. The van der Waals surface area contributed by atoms with Crippen LogP contribution in [-0.2, 0) is 16.0 Å². The smallest absolute Gasteiger partial charge is 0.305 e. The Hall–Kier alpha value is -1.22. The molecule has 0 fully saturated rings. The van der Waals surface area contributed by atoms with Gasteiger partial charge in [-0.05, 0) is 56.9 Å². The summed E-state index contributed by atoms with van der Waals surface area (Å²) < 4.78 is 10.5. The van der Waals surface area contributed by atoms with Crippen molar-refractivity contribution in [2.45, 2.75) is 46.6 Å². The second kappa shape index (κ2) is 6.80. The number of methoxy groups -OCH3 is 1. The van der Waals surface area contributed by atoms with Crippen molar-refractivity contribution in [1.82, 2.24) is 0 Å². The fourth-order valence-electron chi connectivity index (χ4n) is 1.95. The van der Waals surface area contributed by atoms with Crippen molar-refractivity contribution in [2.75, 3.05) is 7.11 Å². The van der Waals surface area contributed by atoms with Crippen LogP contribution in [0.5, 0.6) is 5.75 Å². The van der Waals surface area contributed by atoms with Gasteiger partial charge in [0.25, 0.3) is 0 Å². The molecule has 4 heteroatoms. The van der Waals surface area contributed by atoms with Gasteiger partial charge in [-0.2, -0.15) is 0 Å². The lowest BCUT2D eigenvalue weighted by atomic mass is 9.99. The monoisotopic (exact) mass is 284 g/mol. The molecule has 0 saturated carbocycles. The molecule has 0 unspecified atom stereocenters. The van der Waals surface area contributed by atoms with Crippen molar-refractivity contribution in [3.05, 3.63) is 27.8 Å². The molecule has 0 saturated heterocycles. The zero-order valence-corrected chi connectivity index (χ0v) is 12.9. The van der Waals surface area contributed by atoms with Gasteiger partial charge in [-0.1, -0.05) is 11.6 Å². The van der Waals surface area contributed by atoms with Gasteiger partial charge in [-0.15, -0.1) is 0 Å². The molecule has 0 aliphatic heterocycles. The van der Waals surface area contributed by atoms with Crippen LogP contribution in [0.1, 0.15) is 37.0 Å². The van der Waals surface area contributed by atoms with Gasteiger partial charge in [0.05, 0.1) is 13.2 Å². The first-order valence-electron chi connectivity index (χ1n) is 6.38. The molecule has 0 aliphatic rings. The average molecular weight is 285 g/mol. The number of rotatable bonds is 5. The van der Waals surface area contributed by atoms with Gasteiger partial charge in [0, 0.05) is 11.4 Å². The van der Waals surface area contributed by atoms with Crippen molar-refractivity contribution < 1.29 is 14.3 Å². The van der Waals surface area contributed by atoms with Crippen molar-refractivity contribution in [3.63, 3.8) is 0 Å². The summed E-state index contributed by atoms with van der Waals surface area (Å²) in [5, 5.41) is 0.702. The van der Waals surface area contributed by atoms with E-state index in [0.717, 1.165) is 22.4 Å². The Labute approximate surface area is 119 Å². The van der Waals surface area contributed by atoms with Crippen molar-refractivity contribution in [3.8, 4) is 5.75 Å². The first-order valence-corrected chi connectivity index (χ1v) is 6.76. The predicted molar refractivity (Wildman–Crippen MR) is 77.0 cm³/mol. The van der Waals surface area contributed by atoms with Gasteiger partial charge in [0.2, 0.25) is 0 Å². The van der Waals surface area contributed by atoms with Crippen LogP contribution >= 0.6 is 11.6 Å². The Morgan fingerprint density at radius 2 is 2.00 bits per heavy atom. The van der Waals surface area contributed by atoms with E-state index in [-0.39, 0.29) is 12.1 Å². The molecule has 0 aromatic heterocycles. The molecule has 19 heavy (non-hydrogen) atoms. The van der Waals surface area contributed by atoms with Crippen LogP contribution in [0.15, 0.2) is 6.07 Å². The van der Waals surface area contributed by atoms with Gasteiger partial charge in [-0.25, -0.2) is 0 Å². The summed E-state index contributed by atoms with van der Waals surface area (Å²) in [6, 6.07) is 1.90. The van der Waals surface area contributed by atoms with Crippen molar-refractivity contribution >= 4 is 17.6 Å². The molecule has 106 valence electrons. The number of halogens is 1. The largest absolute Gasteiger partial charge is 0.490 e. The summed E-state index contributed by atoms with van der Waals surface area (Å²) in [6.07, 6.45) is 0.976. The Bertz CT molecular complexity index is 467. The molecule has 0 aliphatic carbocycles. The van der Waals surface area contributed by atoms with Crippen molar-refractivity contribution in [1.29, 1.82) is 0 Å². The third-order valence-corrected chi connectivity index (χ3v) is 3.34. The molecule has 1 aromatic rings. The minimum atomic E-state index is -0.229. The average Bonchev–Trinajstić information content (AvgIpc) is 2.34. The lowest BCUT2D eigenvalue weighted by Gasteiger charge is -2.19. The SMILES string of the molecule is COC(=O)CCc1c(C)c(Cl)cc(C)c1OC(C)C. The summed E-state index contributed by atoms with van der Waals surface area (Å²) in [7, 11) is 1.39. The number of aryl methyl sites for hydroxylation is 1. The minimum Gasteiger partial charge on any atom is -0.490 e. The van der Waals surface area contributed by atoms with E-state index in [4.69, 9.17) is 16.3 Å². The third kappa shape index (κ3) is 4.13. The summed E-state index contributed by atoms with van der Waals surface area (Å²) in [6.45, 7) is 7.87. The molecule has 3 nitrogen and oxygen atoms in total. The normalized spacial score (nSPS) is 10.7. The van der Waals surface area contributed by atoms with Crippen LogP contribution in [0, 0.1) is 13.8 Å². The highest BCUT2D eigenvalue weighted by Gasteiger charge is 2.16. The number of carbonyl (C=O) groups is 1. The van der Waals surface area contributed by atoms with Gasteiger partial charge in [0.15, 0.2) is 0 Å². The molecular weight excluding hydrogens is 264 g/mol. The van der Waals surface area contributed by atoms with Gasteiger partial charge in [-0.3, -0.25) is 4.79 Å². The highest BCUT2D eigenvalue weighted by atomic mass is 35.5.